The Morgan fingerprint density at radius 1 is 1.28 bits per heavy atom. The molecule has 0 aliphatic carbocycles. The summed E-state index contributed by atoms with van der Waals surface area (Å²) in [6.45, 7) is 5.70. The van der Waals surface area contributed by atoms with Gasteiger partial charge in [0.05, 0.1) is 24.6 Å². The Balaban J connectivity index is 1.63. The molecule has 132 valence electrons. The molecule has 2 aliphatic rings. The molecular weight excluding hydrogens is 314 g/mol. The molecule has 2 aromatic heterocycles. The number of pyridine rings is 1. The second kappa shape index (κ2) is 6.59. The summed E-state index contributed by atoms with van der Waals surface area (Å²) >= 11 is 0. The number of likely N-dealkylation sites (tertiary alicyclic amines) is 1. The predicted molar refractivity (Wildman–Crippen MR) is 95.2 cm³/mol. The standard InChI is InChI=1S/C19H25N5O/c1-14-6-5-7-16(21-14)19(25)24-12-17-18(22(2)13-20-17)10-15(24)11-23-8-3-4-9-23/h5-7,13,15H,3-4,8-12H2,1-2H3/t15-/m1/s1. The largest absolute Gasteiger partial charge is 0.337 e. The van der Waals surface area contributed by atoms with Gasteiger partial charge in [0.25, 0.3) is 5.91 Å². The minimum Gasteiger partial charge on any atom is -0.337 e. The molecule has 0 saturated carbocycles. The fraction of sp³-hybridized carbons (Fsp3) is 0.526. The Labute approximate surface area is 148 Å². The average Bonchev–Trinajstić information content (AvgIpc) is 3.24. The summed E-state index contributed by atoms with van der Waals surface area (Å²) < 4.78 is 2.10. The van der Waals surface area contributed by atoms with Crippen LogP contribution in [0.4, 0.5) is 0 Å². The normalized spacial score (nSPS) is 20.7. The second-order valence-electron chi connectivity index (χ2n) is 7.21. The van der Waals surface area contributed by atoms with E-state index >= 15 is 0 Å². The van der Waals surface area contributed by atoms with Crippen LogP contribution in [0.2, 0.25) is 0 Å². The van der Waals surface area contributed by atoms with Gasteiger partial charge < -0.3 is 14.4 Å². The molecule has 1 saturated heterocycles. The summed E-state index contributed by atoms with van der Waals surface area (Å²) in [5, 5.41) is 0. The van der Waals surface area contributed by atoms with Crippen LogP contribution in [0.1, 0.15) is 40.4 Å². The van der Waals surface area contributed by atoms with Crippen LogP contribution >= 0.6 is 0 Å². The van der Waals surface area contributed by atoms with Crippen molar-refractivity contribution in [3.63, 3.8) is 0 Å². The molecule has 0 bridgehead atoms. The average molecular weight is 339 g/mol. The molecule has 1 fully saturated rings. The highest BCUT2D eigenvalue weighted by molar-refractivity contribution is 5.92. The molecule has 6 heteroatoms. The van der Waals surface area contributed by atoms with Gasteiger partial charge in [-0.1, -0.05) is 6.07 Å². The zero-order valence-corrected chi connectivity index (χ0v) is 15.0. The first-order chi connectivity index (χ1) is 12.1. The zero-order chi connectivity index (χ0) is 17.4. The fourth-order valence-electron chi connectivity index (χ4n) is 4.00. The number of carbonyl (C=O) groups excluding carboxylic acids is 1. The fourth-order valence-corrected chi connectivity index (χ4v) is 4.00. The molecule has 25 heavy (non-hydrogen) atoms. The maximum Gasteiger partial charge on any atom is 0.273 e. The lowest BCUT2D eigenvalue weighted by Crippen LogP contribution is -2.50. The third kappa shape index (κ3) is 3.18. The summed E-state index contributed by atoms with van der Waals surface area (Å²) in [5.74, 6) is 0.0178. The van der Waals surface area contributed by atoms with Crippen LogP contribution in [-0.4, -0.2) is 55.9 Å². The highest BCUT2D eigenvalue weighted by Gasteiger charge is 2.34. The molecule has 1 amide bonds. The van der Waals surface area contributed by atoms with Crippen LogP contribution in [-0.2, 0) is 20.0 Å². The van der Waals surface area contributed by atoms with E-state index < -0.39 is 0 Å². The number of amides is 1. The second-order valence-corrected chi connectivity index (χ2v) is 7.21. The number of nitrogens with zero attached hydrogens (tertiary/aromatic N) is 5. The highest BCUT2D eigenvalue weighted by atomic mass is 16.2. The van der Waals surface area contributed by atoms with E-state index in [1.165, 1.54) is 18.5 Å². The molecule has 1 atom stereocenters. The maximum absolute atomic E-state index is 13.2. The minimum atomic E-state index is 0.0178. The quantitative estimate of drug-likeness (QED) is 0.855. The molecule has 0 radical (unpaired) electrons. The number of rotatable bonds is 3. The van der Waals surface area contributed by atoms with Crippen molar-refractivity contribution < 1.29 is 4.79 Å². The van der Waals surface area contributed by atoms with Gasteiger partial charge in [0, 0.05) is 31.4 Å². The van der Waals surface area contributed by atoms with Crippen molar-refractivity contribution in [1.82, 2.24) is 24.3 Å². The lowest BCUT2D eigenvalue weighted by atomic mass is 10.0. The first kappa shape index (κ1) is 16.3. The van der Waals surface area contributed by atoms with Gasteiger partial charge in [0.15, 0.2) is 0 Å². The van der Waals surface area contributed by atoms with Crippen molar-refractivity contribution in [2.75, 3.05) is 19.6 Å². The van der Waals surface area contributed by atoms with E-state index in [1.807, 2.05) is 43.4 Å². The predicted octanol–water partition coefficient (Wildman–Crippen LogP) is 1.79. The molecule has 6 nitrogen and oxygen atoms in total. The number of hydrogen-bond donors (Lipinski definition) is 0. The third-order valence-corrected chi connectivity index (χ3v) is 5.37. The Morgan fingerprint density at radius 3 is 2.84 bits per heavy atom. The molecule has 0 N–H and O–H groups in total. The van der Waals surface area contributed by atoms with Crippen LogP contribution < -0.4 is 0 Å². The van der Waals surface area contributed by atoms with E-state index in [0.717, 1.165) is 37.4 Å². The van der Waals surface area contributed by atoms with Gasteiger partial charge in [0.2, 0.25) is 0 Å². The number of hydrogen-bond acceptors (Lipinski definition) is 4. The minimum absolute atomic E-state index is 0.0178. The Morgan fingerprint density at radius 2 is 2.08 bits per heavy atom. The molecule has 2 aromatic rings. The van der Waals surface area contributed by atoms with E-state index in [2.05, 4.69) is 19.4 Å². The summed E-state index contributed by atoms with van der Waals surface area (Å²) in [7, 11) is 2.04. The lowest BCUT2D eigenvalue weighted by molar-refractivity contribution is 0.0580. The summed E-state index contributed by atoms with van der Waals surface area (Å²) in [6.07, 6.45) is 5.24. The molecule has 0 aromatic carbocycles. The molecular formula is C19H25N5O. The first-order valence-electron chi connectivity index (χ1n) is 9.08. The number of aromatic nitrogens is 3. The van der Waals surface area contributed by atoms with E-state index in [0.29, 0.717) is 12.2 Å². The van der Waals surface area contributed by atoms with Crippen molar-refractivity contribution >= 4 is 5.91 Å². The van der Waals surface area contributed by atoms with E-state index in [4.69, 9.17) is 0 Å². The van der Waals surface area contributed by atoms with Gasteiger partial charge in [-0.25, -0.2) is 9.97 Å². The highest BCUT2D eigenvalue weighted by Crippen LogP contribution is 2.25. The third-order valence-electron chi connectivity index (χ3n) is 5.37. The Hall–Kier alpha value is -2.21. The first-order valence-corrected chi connectivity index (χ1v) is 9.08. The van der Waals surface area contributed by atoms with Crippen LogP contribution in [0.25, 0.3) is 0 Å². The van der Waals surface area contributed by atoms with Crippen molar-refractivity contribution in [2.24, 2.45) is 7.05 Å². The van der Waals surface area contributed by atoms with Crippen LogP contribution in [0.5, 0.6) is 0 Å². The topological polar surface area (TPSA) is 54.3 Å². The van der Waals surface area contributed by atoms with Gasteiger partial charge >= 0.3 is 0 Å². The SMILES string of the molecule is Cc1cccc(C(=O)N2Cc3ncn(C)c3C[C@@H]2CN2CCCC2)n1. The van der Waals surface area contributed by atoms with Crippen molar-refractivity contribution in [2.45, 2.75) is 38.8 Å². The number of carbonyl (C=O) groups is 1. The van der Waals surface area contributed by atoms with Crippen LogP contribution in [0.15, 0.2) is 24.5 Å². The van der Waals surface area contributed by atoms with Gasteiger partial charge in [-0.2, -0.15) is 0 Å². The molecule has 4 heterocycles. The number of imidazole rings is 1. The molecule has 4 rings (SSSR count). The zero-order valence-electron chi connectivity index (χ0n) is 15.0. The van der Waals surface area contributed by atoms with E-state index in [1.54, 1.807) is 0 Å². The van der Waals surface area contributed by atoms with E-state index in [9.17, 15) is 4.79 Å². The van der Waals surface area contributed by atoms with Gasteiger partial charge in [-0.15, -0.1) is 0 Å². The molecule has 0 unspecified atom stereocenters. The molecule has 2 aliphatic heterocycles. The van der Waals surface area contributed by atoms with E-state index in [-0.39, 0.29) is 11.9 Å². The Kier molecular flexibility index (Phi) is 4.29. The van der Waals surface area contributed by atoms with Gasteiger partial charge in [-0.05, 0) is 45.0 Å². The Bertz CT molecular complexity index is 778. The van der Waals surface area contributed by atoms with Gasteiger partial charge in [0.1, 0.15) is 5.69 Å². The van der Waals surface area contributed by atoms with Crippen LogP contribution in [0, 0.1) is 6.92 Å². The molecule has 0 spiro atoms. The van der Waals surface area contributed by atoms with Crippen molar-refractivity contribution in [1.29, 1.82) is 0 Å². The van der Waals surface area contributed by atoms with Crippen molar-refractivity contribution in [3.05, 3.63) is 47.3 Å². The summed E-state index contributed by atoms with van der Waals surface area (Å²) in [6, 6.07) is 5.82. The summed E-state index contributed by atoms with van der Waals surface area (Å²) in [5.41, 5.74) is 3.68. The monoisotopic (exact) mass is 339 g/mol. The summed E-state index contributed by atoms with van der Waals surface area (Å²) in [4.78, 5) is 26.6. The maximum atomic E-state index is 13.2. The van der Waals surface area contributed by atoms with Gasteiger partial charge in [-0.3, -0.25) is 4.79 Å². The number of aryl methyl sites for hydroxylation is 2. The van der Waals surface area contributed by atoms with Crippen LogP contribution in [0.3, 0.4) is 0 Å². The van der Waals surface area contributed by atoms with Crippen molar-refractivity contribution in [3.8, 4) is 0 Å². The lowest BCUT2D eigenvalue weighted by Gasteiger charge is -2.37. The smallest absolute Gasteiger partial charge is 0.273 e. The number of fused-ring (bicyclic) bond motifs is 1.